The van der Waals surface area contributed by atoms with Gasteiger partial charge in [0.1, 0.15) is 0 Å². The van der Waals surface area contributed by atoms with Gasteiger partial charge in [0.2, 0.25) is 0 Å². The predicted octanol–water partition coefficient (Wildman–Crippen LogP) is 3.02. The number of nitrogens with zero attached hydrogens (tertiary/aromatic N) is 2. The zero-order chi connectivity index (χ0) is 10.0. The number of hydrogen-bond acceptors (Lipinski definition) is 3. The first-order chi connectivity index (χ1) is 6.06. The Morgan fingerprint density at radius 2 is 2.00 bits per heavy atom. The van der Waals surface area contributed by atoms with Crippen LogP contribution in [0.15, 0.2) is 0 Å². The van der Waals surface area contributed by atoms with Crippen molar-refractivity contribution in [3.8, 4) is 6.07 Å². The molecule has 0 amide bonds. The van der Waals surface area contributed by atoms with E-state index in [9.17, 15) is 0 Å². The van der Waals surface area contributed by atoms with E-state index >= 15 is 0 Å². The highest BCUT2D eigenvalue weighted by Gasteiger charge is 2.19. The molecule has 3 heteroatoms. The van der Waals surface area contributed by atoms with E-state index in [2.05, 4.69) is 24.9 Å². The Hall–Kier alpha value is -0.880. The van der Waals surface area contributed by atoms with Crippen LogP contribution in [0.3, 0.4) is 0 Å². The molecule has 2 nitrogen and oxygen atoms in total. The lowest BCUT2D eigenvalue weighted by atomic mass is 9.95. The van der Waals surface area contributed by atoms with Crippen LogP contribution in [0.2, 0.25) is 0 Å². The molecule has 1 heterocycles. The Labute approximate surface area is 83.2 Å². The van der Waals surface area contributed by atoms with E-state index in [1.54, 1.807) is 11.3 Å². The van der Waals surface area contributed by atoms with Crippen molar-refractivity contribution in [3.63, 3.8) is 0 Å². The van der Waals surface area contributed by atoms with Gasteiger partial charge in [0, 0.05) is 4.88 Å². The highest BCUT2D eigenvalue weighted by atomic mass is 32.1. The summed E-state index contributed by atoms with van der Waals surface area (Å²) in [7, 11) is 0. The molecule has 0 N–H and O–H groups in total. The molecule has 0 aliphatic carbocycles. The fourth-order valence-corrected chi connectivity index (χ4v) is 2.49. The zero-order valence-electron chi connectivity index (χ0n) is 8.46. The summed E-state index contributed by atoms with van der Waals surface area (Å²) in [5.41, 5.74) is 1.02. The minimum atomic E-state index is 0.00574. The van der Waals surface area contributed by atoms with Gasteiger partial charge >= 0.3 is 0 Å². The fraction of sp³-hybridized carbons (Fsp3) is 0.600. The molecule has 1 rings (SSSR count). The molecule has 0 aliphatic rings. The highest BCUT2D eigenvalue weighted by Crippen LogP contribution is 2.30. The van der Waals surface area contributed by atoms with Gasteiger partial charge < -0.3 is 0 Å². The lowest BCUT2D eigenvalue weighted by molar-refractivity contribution is 0.591. The minimum absolute atomic E-state index is 0.00574. The molecular formula is C10H14N2S. The summed E-state index contributed by atoms with van der Waals surface area (Å²) >= 11 is 1.64. The number of aromatic nitrogens is 1. The third kappa shape index (κ3) is 2.07. The van der Waals surface area contributed by atoms with E-state index in [0.29, 0.717) is 5.92 Å². The summed E-state index contributed by atoms with van der Waals surface area (Å²) < 4.78 is 0. The molecule has 13 heavy (non-hydrogen) atoms. The molecule has 0 aliphatic heterocycles. The molecule has 0 spiro atoms. The molecule has 0 saturated heterocycles. The molecule has 1 atom stereocenters. The fourth-order valence-electron chi connectivity index (χ4n) is 1.35. The third-order valence-corrected chi connectivity index (χ3v) is 3.18. The third-order valence-electron chi connectivity index (χ3n) is 2.03. The van der Waals surface area contributed by atoms with Gasteiger partial charge in [0.15, 0.2) is 0 Å². The van der Waals surface area contributed by atoms with Crippen molar-refractivity contribution in [1.29, 1.82) is 5.26 Å². The van der Waals surface area contributed by atoms with Crippen molar-refractivity contribution in [1.82, 2.24) is 4.98 Å². The van der Waals surface area contributed by atoms with Crippen molar-refractivity contribution in [2.75, 3.05) is 0 Å². The molecular weight excluding hydrogens is 180 g/mol. The molecule has 0 bridgehead atoms. The van der Waals surface area contributed by atoms with E-state index in [-0.39, 0.29) is 5.92 Å². The standard InChI is InChI=1S/C10H14N2S/c1-6(2)9(5-11)10-7(3)12-8(4)13-10/h6,9H,1-4H3. The van der Waals surface area contributed by atoms with Gasteiger partial charge in [-0.1, -0.05) is 13.8 Å². The van der Waals surface area contributed by atoms with E-state index in [1.807, 2.05) is 13.8 Å². The number of hydrogen-bond donors (Lipinski definition) is 0. The molecule has 1 unspecified atom stereocenters. The number of nitriles is 1. The first-order valence-corrected chi connectivity index (χ1v) is 5.21. The monoisotopic (exact) mass is 194 g/mol. The first kappa shape index (κ1) is 10.2. The number of rotatable bonds is 2. The second-order valence-electron chi connectivity index (χ2n) is 3.53. The lowest BCUT2D eigenvalue weighted by Gasteiger charge is -2.10. The van der Waals surface area contributed by atoms with Gasteiger partial charge in [-0.25, -0.2) is 4.98 Å². The summed E-state index contributed by atoms with van der Waals surface area (Å²) in [6.07, 6.45) is 0. The molecule has 1 aromatic heterocycles. The second kappa shape index (κ2) is 3.89. The Morgan fingerprint density at radius 3 is 2.31 bits per heavy atom. The summed E-state index contributed by atoms with van der Waals surface area (Å²) in [4.78, 5) is 5.46. The van der Waals surface area contributed by atoms with Gasteiger partial charge in [-0.3, -0.25) is 0 Å². The number of aryl methyl sites for hydroxylation is 2. The van der Waals surface area contributed by atoms with E-state index < -0.39 is 0 Å². The zero-order valence-corrected chi connectivity index (χ0v) is 9.27. The Bertz CT molecular complexity index is 333. The molecule has 0 fully saturated rings. The normalized spacial score (nSPS) is 12.9. The average Bonchev–Trinajstić information content (AvgIpc) is 2.31. The quantitative estimate of drug-likeness (QED) is 0.725. The van der Waals surface area contributed by atoms with Crippen LogP contribution in [0.4, 0.5) is 0 Å². The van der Waals surface area contributed by atoms with Crippen molar-refractivity contribution in [2.24, 2.45) is 5.92 Å². The predicted molar refractivity (Wildman–Crippen MR) is 54.8 cm³/mol. The summed E-state index contributed by atoms with van der Waals surface area (Å²) in [6, 6.07) is 2.34. The summed E-state index contributed by atoms with van der Waals surface area (Å²) in [5.74, 6) is 0.370. The SMILES string of the molecule is Cc1nc(C)c(C(C#N)C(C)C)s1. The van der Waals surface area contributed by atoms with Crippen molar-refractivity contribution < 1.29 is 0 Å². The van der Waals surface area contributed by atoms with Crippen LogP contribution in [0.1, 0.15) is 35.3 Å². The summed E-state index contributed by atoms with van der Waals surface area (Å²) in [6.45, 7) is 8.10. The average molecular weight is 194 g/mol. The molecule has 70 valence electrons. The second-order valence-corrected chi connectivity index (χ2v) is 4.77. The first-order valence-electron chi connectivity index (χ1n) is 4.39. The topological polar surface area (TPSA) is 36.7 Å². The van der Waals surface area contributed by atoms with E-state index in [0.717, 1.165) is 15.6 Å². The van der Waals surface area contributed by atoms with Crippen LogP contribution < -0.4 is 0 Å². The summed E-state index contributed by atoms with van der Waals surface area (Å²) in [5, 5.41) is 10.1. The van der Waals surface area contributed by atoms with Crippen LogP contribution in [0.5, 0.6) is 0 Å². The Morgan fingerprint density at radius 1 is 1.38 bits per heavy atom. The minimum Gasteiger partial charge on any atom is -0.247 e. The largest absolute Gasteiger partial charge is 0.247 e. The maximum atomic E-state index is 9.01. The van der Waals surface area contributed by atoms with Crippen LogP contribution in [0.25, 0.3) is 0 Å². The van der Waals surface area contributed by atoms with E-state index in [1.165, 1.54) is 0 Å². The maximum absolute atomic E-state index is 9.01. The van der Waals surface area contributed by atoms with Crippen molar-refractivity contribution >= 4 is 11.3 Å². The van der Waals surface area contributed by atoms with Gasteiger partial charge in [0.05, 0.1) is 22.7 Å². The van der Waals surface area contributed by atoms with Crippen LogP contribution in [-0.4, -0.2) is 4.98 Å². The van der Waals surface area contributed by atoms with Gasteiger partial charge in [-0.05, 0) is 19.8 Å². The van der Waals surface area contributed by atoms with Crippen LogP contribution in [-0.2, 0) is 0 Å². The molecule has 1 aromatic rings. The van der Waals surface area contributed by atoms with Gasteiger partial charge in [-0.2, -0.15) is 5.26 Å². The van der Waals surface area contributed by atoms with Gasteiger partial charge in [-0.15, -0.1) is 11.3 Å². The highest BCUT2D eigenvalue weighted by molar-refractivity contribution is 7.11. The van der Waals surface area contributed by atoms with E-state index in [4.69, 9.17) is 5.26 Å². The lowest BCUT2D eigenvalue weighted by Crippen LogP contribution is -2.03. The van der Waals surface area contributed by atoms with Crippen LogP contribution in [0, 0.1) is 31.1 Å². The van der Waals surface area contributed by atoms with Crippen LogP contribution >= 0.6 is 11.3 Å². The molecule has 0 radical (unpaired) electrons. The molecule has 0 saturated carbocycles. The van der Waals surface area contributed by atoms with Gasteiger partial charge in [0.25, 0.3) is 0 Å². The smallest absolute Gasteiger partial charge is 0.0900 e. The van der Waals surface area contributed by atoms with Crippen molar-refractivity contribution in [3.05, 3.63) is 15.6 Å². The van der Waals surface area contributed by atoms with Crippen molar-refractivity contribution in [2.45, 2.75) is 33.6 Å². The Kier molecular flexibility index (Phi) is 3.05. The molecule has 0 aromatic carbocycles. The maximum Gasteiger partial charge on any atom is 0.0900 e. The number of thiazole rings is 1. The Balaban J connectivity index is 3.06.